The zero-order valence-electron chi connectivity index (χ0n) is 14.1. The maximum atomic E-state index is 12.5. The number of hydrogen-bond donors (Lipinski definition) is 1. The summed E-state index contributed by atoms with van der Waals surface area (Å²) >= 11 is 0. The lowest BCUT2D eigenvalue weighted by atomic mass is 9.95. The number of aromatic nitrogens is 2. The first-order valence-electron chi connectivity index (χ1n) is 7.88. The van der Waals surface area contributed by atoms with Crippen molar-refractivity contribution in [3.8, 4) is 11.1 Å². The minimum atomic E-state index is -0.601. The van der Waals surface area contributed by atoms with E-state index in [0.29, 0.717) is 22.3 Å². The predicted octanol–water partition coefficient (Wildman–Crippen LogP) is 2.98. The van der Waals surface area contributed by atoms with Crippen LogP contribution in [0.15, 0.2) is 41.3 Å². The van der Waals surface area contributed by atoms with Crippen molar-refractivity contribution >= 4 is 22.6 Å². The Balaban J connectivity index is 2.39. The average molecular weight is 353 g/mol. The molecule has 0 atom stereocenters. The van der Waals surface area contributed by atoms with Crippen LogP contribution in [-0.2, 0) is 4.74 Å². The van der Waals surface area contributed by atoms with E-state index >= 15 is 0 Å². The number of H-pyrrole nitrogens is 1. The van der Waals surface area contributed by atoms with Gasteiger partial charge in [-0.25, -0.2) is 4.79 Å². The number of nitrogens with one attached hydrogen (secondary N) is 1. The van der Waals surface area contributed by atoms with Gasteiger partial charge in [0.15, 0.2) is 0 Å². The van der Waals surface area contributed by atoms with Crippen LogP contribution in [0, 0.1) is 17.0 Å². The van der Waals surface area contributed by atoms with Crippen molar-refractivity contribution in [2.24, 2.45) is 0 Å². The number of fused-ring (bicyclic) bond motifs is 1. The monoisotopic (exact) mass is 353 g/mol. The van der Waals surface area contributed by atoms with Crippen LogP contribution in [0.4, 0.5) is 5.69 Å². The molecule has 0 aliphatic rings. The molecule has 0 unspecified atom stereocenters. The van der Waals surface area contributed by atoms with E-state index in [1.165, 1.54) is 30.5 Å². The predicted molar refractivity (Wildman–Crippen MR) is 95.1 cm³/mol. The van der Waals surface area contributed by atoms with Gasteiger partial charge in [-0.05, 0) is 37.6 Å². The molecule has 8 heteroatoms. The van der Waals surface area contributed by atoms with Crippen molar-refractivity contribution < 1.29 is 14.5 Å². The van der Waals surface area contributed by atoms with Crippen molar-refractivity contribution in [1.29, 1.82) is 0 Å². The number of esters is 1. The highest BCUT2D eigenvalue weighted by Crippen LogP contribution is 2.32. The number of non-ortho nitro benzene ring substituents is 1. The molecule has 0 spiro atoms. The third-order valence-electron chi connectivity index (χ3n) is 3.94. The summed E-state index contributed by atoms with van der Waals surface area (Å²) in [5.74, 6) is -0.601. The number of rotatable bonds is 4. The molecule has 0 aliphatic heterocycles. The molecule has 0 fully saturated rings. The zero-order chi connectivity index (χ0) is 18.8. The summed E-state index contributed by atoms with van der Waals surface area (Å²) in [4.78, 5) is 42.2. The summed E-state index contributed by atoms with van der Waals surface area (Å²) in [6, 6.07) is 7.28. The van der Waals surface area contributed by atoms with Gasteiger partial charge in [-0.3, -0.25) is 19.9 Å². The number of pyridine rings is 2. The fourth-order valence-electron chi connectivity index (χ4n) is 2.84. The second-order valence-corrected chi connectivity index (χ2v) is 5.54. The Labute approximate surface area is 147 Å². The maximum absolute atomic E-state index is 12.5. The molecular weight excluding hydrogens is 338 g/mol. The van der Waals surface area contributed by atoms with Crippen LogP contribution >= 0.6 is 0 Å². The zero-order valence-corrected chi connectivity index (χ0v) is 14.1. The molecule has 26 heavy (non-hydrogen) atoms. The van der Waals surface area contributed by atoms with Gasteiger partial charge in [0.1, 0.15) is 0 Å². The quantitative estimate of drug-likeness (QED) is 0.438. The molecular formula is C18H15N3O5. The van der Waals surface area contributed by atoms with Crippen molar-refractivity contribution in [1.82, 2.24) is 9.97 Å². The average Bonchev–Trinajstić information content (AvgIpc) is 2.61. The molecule has 0 radical (unpaired) electrons. The first kappa shape index (κ1) is 17.3. The number of carbonyl (C=O) groups is 1. The van der Waals surface area contributed by atoms with Gasteiger partial charge in [0.2, 0.25) is 0 Å². The van der Waals surface area contributed by atoms with Crippen molar-refractivity contribution in [3.63, 3.8) is 0 Å². The molecule has 2 aromatic heterocycles. The molecule has 0 bridgehead atoms. The Morgan fingerprint density at radius 2 is 1.96 bits per heavy atom. The van der Waals surface area contributed by atoms with Gasteiger partial charge < -0.3 is 9.72 Å². The third kappa shape index (κ3) is 2.92. The van der Waals surface area contributed by atoms with Crippen molar-refractivity contribution in [3.05, 3.63) is 68.3 Å². The largest absolute Gasteiger partial charge is 0.462 e. The van der Waals surface area contributed by atoms with Gasteiger partial charge in [0, 0.05) is 23.9 Å². The highest BCUT2D eigenvalue weighted by Gasteiger charge is 2.23. The first-order chi connectivity index (χ1) is 12.4. The van der Waals surface area contributed by atoms with E-state index in [-0.39, 0.29) is 23.2 Å². The number of hydrogen-bond acceptors (Lipinski definition) is 6. The van der Waals surface area contributed by atoms with Crippen molar-refractivity contribution in [2.45, 2.75) is 13.8 Å². The van der Waals surface area contributed by atoms with E-state index < -0.39 is 16.5 Å². The van der Waals surface area contributed by atoms with Crippen LogP contribution in [-0.4, -0.2) is 27.5 Å². The van der Waals surface area contributed by atoms with Gasteiger partial charge in [0.05, 0.1) is 33.7 Å². The molecule has 0 saturated heterocycles. The molecule has 3 rings (SSSR count). The third-order valence-corrected chi connectivity index (χ3v) is 3.94. The highest BCUT2D eigenvalue weighted by molar-refractivity contribution is 6.07. The Kier molecular flexibility index (Phi) is 4.49. The summed E-state index contributed by atoms with van der Waals surface area (Å²) < 4.78 is 5.12. The van der Waals surface area contributed by atoms with Crippen molar-refractivity contribution in [2.75, 3.05) is 6.61 Å². The topological polar surface area (TPSA) is 115 Å². The lowest BCUT2D eigenvalue weighted by Crippen LogP contribution is -2.15. The minimum Gasteiger partial charge on any atom is -0.462 e. The molecule has 2 heterocycles. The number of carbonyl (C=O) groups excluding carboxylic acids is 1. The summed E-state index contributed by atoms with van der Waals surface area (Å²) in [5, 5.41) is 11.1. The molecule has 3 aromatic rings. The molecule has 0 amide bonds. The maximum Gasteiger partial charge on any atom is 0.340 e. The van der Waals surface area contributed by atoms with Crippen LogP contribution in [0.3, 0.4) is 0 Å². The van der Waals surface area contributed by atoms with Gasteiger partial charge in [0.25, 0.3) is 11.2 Å². The van der Waals surface area contributed by atoms with Gasteiger partial charge in [-0.15, -0.1) is 0 Å². The summed E-state index contributed by atoms with van der Waals surface area (Å²) in [7, 11) is 0. The van der Waals surface area contributed by atoms with Gasteiger partial charge in [-0.2, -0.15) is 0 Å². The Bertz CT molecular complexity index is 1070. The van der Waals surface area contributed by atoms with Crippen LogP contribution in [0.2, 0.25) is 0 Å². The lowest BCUT2D eigenvalue weighted by molar-refractivity contribution is -0.384. The molecule has 1 N–H and O–H groups in total. The van der Waals surface area contributed by atoms with Crippen LogP contribution < -0.4 is 5.56 Å². The van der Waals surface area contributed by atoms with Crippen LogP contribution in [0.25, 0.3) is 22.0 Å². The SMILES string of the molecule is CCOC(=O)c1c(C)nc2cc[nH]c(=O)c2c1-c1ccc([N+](=O)[O-])cc1. The smallest absolute Gasteiger partial charge is 0.340 e. The molecule has 1 aromatic carbocycles. The van der Waals surface area contributed by atoms with E-state index in [4.69, 9.17) is 4.74 Å². The lowest BCUT2D eigenvalue weighted by Gasteiger charge is -2.14. The minimum absolute atomic E-state index is 0.0876. The highest BCUT2D eigenvalue weighted by atomic mass is 16.6. The van der Waals surface area contributed by atoms with Crippen LogP contribution in [0.1, 0.15) is 23.0 Å². The van der Waals surface area contributed by atoms with Crippen LogP contribution in [0.5, 0.6) is 0 Å². The molecule has 0 aliphatic carbocycles. The Morgan fingerprint density at radius 1 is 1.27 bits per heavy atom. The number of ether oxygens (including phenoxy) is 1. The fraction of sp³-hybridized carbons (Fsp3) is 0.167. The van der Waals surface area contributed by atoms with E-state index in [9.17, 15) is 19.7 Å². The number of nitrogens with zero attached hydrogens (tertiary/aromatic N) is 2. The molecule has 132 valence electrons. The van der Waals surface area contributed by atoms with Gasteiger partial charge >= 0.3 is 5.97 Å². The summed E-state index contributed by atoms with van der Waals surface area (Å²) in [6.45, 7) is 3.50. The van der Waals surface area contributed by atoms with E-state index in [0.717, 1.165) is 0 Å². The molecule has 8 nitrogen and oxygen atoms in total. The number of benzene rings is 1. The molecule has 0 saturated carbocycles. The van der Waals surface area contributed by atoms with Gasteiger partial charge in [-0.1, -0.05) is 0 Å². The van der Waals surface area contributed by atoms with E-state index in [1.807, 2.05) is 0 Å². The standard InChI is InChI=1S/C18H15N3O5/c1-3-26-18(23)14-10(2)20-13-8-9-19-17(22)16(13)15(14)11-4-6-12(7-5-11)21(24)25/h4-9H,3H2,1-2H3,(H,19,22). The normalized spacial score (nSPS) is 10.7. The second-order valence-electron chi connectivity index (χ2n) is 5.54. The number of nitro benzene ring substituents is 1. The summed E-state index contributed by atoms with van der Waals surface area (Å²) in [5.41, 5.74) is 1.35. The first-order valence-corrected chi connectivity index (χ1v) is 7.88. The fourth-order valence-corrected chi connectivity index (χ4v) is 2.84. The Hall–Kier alpha value is -3.55. The summed E-state index contributed by atoms with van der Waals surface area (Å²) in [6.07, 6.45) is 1.47. The number of nitro groups is 1. The number of aromatic amines is 1. The number of aryl methyl sites for hydroxylation is 1. The Morgan fingerprint density at radius 3 is 2.58 bits per heavy atom. The van der Waals surface area contributed by atoms with E-state index in [1.54, 1.807) is 19.9 Å². The van der Waals surface area contributed by atoms with E-state index in [2.05, 4.69) is 9.97 Å². The second kappa shape index (κ2) is 6.75.